The van der Waals surface area contributed by atoms with E-state index in [0.717, 1.165) is 5.56 Å². The summed E-state index contributed by atoms with van der Waals surface area (Å²) >= 11 is 9.24. The molecular formula is C16H14BrClFNO. The van der Waals surface area contributed by atoms with E-state index in [2.05, 4.69) is 15.9 Å². The highest BCUT2D eigenvalue weighted by molar-refractivity contribution is 9.10. The number of rotatable bonds is 3. The summed E-state index contributed by atoms with van der Waals surface area (Å²) in [5.74, 6) is -0.411. The molecule has 0 bridgehead atoms. The molecule has 0 spiro atoms. The van der Waals surface area contributed by atoms with Gasteiger partial charge in [0.15, 0.2) is 0 Å². The van der Waals surface area contributed by atoms with Gasteiger partial charge in [-0.1, -0.05) is 23.7 Å². The van der Waals surface area contributed by atoms with E-state index in [1.807, 2.05) is 6.92 Å². The molecule has 2 rings (SSSR count). The minimum absolute atomic E-state index is 0.121. The highest BCUT2D eigenvalue weighted by Crippen LogP contribution is 2.26. The molecule has 2 nitrogen and oxygen atoms in total. The molecule has 1 amide bonds. The van der Waals surface area contributed by atoms with E-state index in [9.17, 15) is 9.18 Å². The van der Waals surface area contributed by atoms with E-state index in [-0.39, 0.29) is 17.8 Å². The van der Waals surface area contributed by atoms with Crippen molar-refractivity contribution in [1.82, 2.24) is 4.90 Å². The number of carbonyl (C=O) groups is 1. The first-order valence-electron chi connectivity index (χ1n) is 6.38. The molecule has 0 aromatic heterocycles. The highest BCUT2D eigenvalue weighted by Gasteiger charge is 2.19. The van der Waals surface area contributed by atoms with E-state index in [4.69, 9.17) is 11.6 Å². The fourth-order valence-corrected chi connectivity index (χ4v) is 2.47. The number of amides is 1. The smallest absolute Gasteiger partial charge is 0.254 e. The molecule has 0 aliphatic heterocycles. The van der Waals surface area contributed by atoms with E-state index in [1.165, 1.54) is 12.1 Å². The summed E-state index contributed by atoms with van der Waals surface area (Å²) in [7, 11) is 1.72. The monoisotopic (exact) mass is 369 g/mol. The van der Waals surface area contributed by atoms with Crippen LogP contribution in [-0.4, -0.2) is 17.9 Å². The van der Waals surface area contributed by atoms with E-state index in [0.29, 0.717) is 15.1 Å². The number of benzene rings is 2. The normalized spacial score (nSPS) is 12.0. The maximum Gasteiger partial charge on any atom is 0.254 e. The lowest BCUT2D eigenvalue weighted by atomic mass is 10.1. The van der Waals surface area contributed by atoms with Crippen LogP contribution in [0.2, 0.25) is 5.02 Å². The maximum atomic E-state index is 13.0. The topological polar surface area (TPSA) is 20.3 Å². The first-order chi connectivity index (χ1) is 9.90. The Bertz CT molecular complexity index is 660. The zero-order valence-corrected chi connectivity index (χ0v) is 14.0. The lowest BCUT2D eigenvalue weighted by Crippen LogP contribution is -2.29. The van der Waals surface area contributed by atoms with Crippen LogP contribution in [0.4, 0.5) is 4.39 Å². The van der Waals surface area contributed by atoms with Crippen LogP contribution in [0, 0.1) is 5.82 Å². The Kier molecular flexibility index (Phi) is 5.01. The van der Waals surface area contributed by atoms with E-state index in [1.54, 1.807) is 42.3 Å². The van der Waals surface area contributed by atoms with Crippen LogP contribution < -0.4 is 0 Å². The van der Waals surface area contributed by atoms with Crippen molar-refractivity contribution in [3.63, 3.8) is 0 Å². The van der Waals surface area contributed by atoms with Gasteiger partial charge in [0.05, 0.1) is 11.1 Å². The SMILES string of the molecule is CC(c1ccc(F)cc1)N(C)C(=O)c1ccc(Cl)c(Br)c1. The van der Waals surface area contributed by atoms with Crippen molar-refractivity contribution in [2.75, 3.05) is 7.05 Å². The summed E-state index contributed by atoms with van der Waals surface area (Å²) in [5, 5.41) is 0.556. The summed E-state index contributed by atoms with van der Waals surface area (Å²) in [5.41, 5.74) is 1.42. The van der Waals surface area contributed by atoms with Crippen LogP contribution in [-0.2, 0) is 0 Å². The predicted molar refractivity (Wildman–Crippen MR) is 86.1 cm³/mol. The Labute approximate surface area is 136 Å². The average molecular weight is 371 g/mol. The van der Waals surface area contributed by atoms with Gasteiger partial charge in [-0.3, -0.25) is 4.79 Å². The second-order valence-electron chi connectivity index (χ2n) is 4.77. The zero-order chi connectivity index (χ0) is 15.6. The van der Waals surface area contributed by atoms with E-state index >= 15 is 0 Å². The summed E-state index contributed by atoms with van der Waals surface area (Å²) in [6.45, 7) is 1.90. The molecule has 1 unspecified atom stereocenters. The molecule has 21 heavy (non-hydrogen) atoms. The summed E-state index contributed by atoms with van der Waals surface area (Å²) in [6, 6.07) is 11.0. The van der Waals surface area contributed by atoms with Crippen molar-refractivity contribution in [3.8, 4) is 0 Å². The second kappa shape index (κ2) is 6.58. The Morgan fingerprint density at radius 1 is 1.24 bits per heavy atom. The van der Waals surface area contributed by atoms with Gasteiger partial charge in [-0.15, -0.1) is 0 Å². The highest BCUT2D eigenvalue weighted by atomic mass is 79.9. The van der Waals surface area contributed by atoms with Crippen molar-refractivity contribution in [1.29, 1.82) is 0 Å². The standard InChI is InChI=1S/C16H14BrClFNO/c1-10(11-3-6-13(19)7-4-11)20(2)16(21)12-5-8-15(18)14(17)9-12/h3-10H,1-2H3. The Balaban J connectivity index is 2.21. The number of nitrogens with zero attached hydrogens (tertiary/aromatic N) is 1. The van der Waals surface area contributed by atoms with Gasteiger partial charge in [0.1, 0.15) is 5.82 Å². The Morgan fingerprint density at radius 3 is 2.43 bits per heavy atom. The summed E-state index contributed by atoms with van der Waals surface area (Å²) < 4.78 is 13.6. The van der Waals surface area contributed by atoms with Crippen LogP contribution >= 0.6 is 27.5 Å². The first kappa shape index (κ1) is 16.0. The Morgan fingerprint density at radius 2 is 1.86 bits per heavy atom. The van der Waals surface area contributed by atoms with Gasteiger partial charge < -0.3 is 4.90 Å². The molecule has 0 fully saturated rings. The molecule has 0 aliphatic rings. The molecule has 0 aliphatic carbocycles. The van der Waals surface area contributed by atoms with Crippen molar-refractivity contribution >= 4 is 33.4 Å². The van der Waals surface area contributed by atoms with Crippen LogP contribution in [0.5, 0.6) is 0 Å². The fraction of sp³-hybridized carbons (Fsp3) is 0.188. The molecule has 0 N–H and O–H groups in total. The third-order valence-corrected chi connectivity index (χ3v) is 4.63. The number of hydrogen-bond acceptors (Lipinski definition) is 1. The number of carbonyl (C=O) groups excluding carboxylic acids is 1. The molecule has 0 saturated heterocycles. The lowest BCUT2D eigenvalue weighted by molar-refractivity contribution is 0.0742. The number of hydrogen-bond donors (Lipinski definition) is 0. The van der Waals surface area contributed by atoms with Crippen LogP contribution in [0.25, 0.3) is 0 Å². The minimum Gasteiger partial charge on any atom is -0.335 e. The number of halogens is 3. The molecule has 0 heterocycles. The zero-order valence-electron chi connectivity index (χ0n) is 11.6. The van der Waals surface area contributed by atoms with Gasteiger partial charge in [0, 0.05) is 17.1 Å². The van der Waals surface area contributed by atoms with Crippen LogP contribution in [0.3, 0.4) is 0 Å². The quantitative estimate of drug-likeness (QED) is 0.738. The van der Waals surface area contributed by atoms with Crippen molar-refractivity contribution in [3.05, 3.63) is 68.9 Å². The molecule has 1 atom stereocenters. The molecule has 2 aromatic carbocycles. The predicted octanol–water partition coefficient (Wildman–Crippen LogP) is 5.07. The van der Waals surface area contributed by atoms with Gasteiger partial charge >= 0.3 is 0 Å². The maximum absolute atomic E-state index is 13.0. The molecule has 0 saturated carbocycles. The van der Waals surface area contributed by atoms with Gasteiger partial charge in [0.25, 0.3) is 5.91 Å². The van der Waals surface area contributed by atoms with Crippen molar-refractivity contribution in [2.45, 2.75) is 13.0 Å². The third-order valence-electron chi connectivity index (χ3n) is 3.42. The van der Waals surface area contributed by atoms with Gasteiger partial charge in [-0.05, 0) is 58.7 Å². The minimum atomic E-state index is -0.290. The average Bonchev–Trinajstić information content (AvgIpc) is 2.48. The van der Waals surface area contributed by atoms with Crippen LogP contribution in [0.1, 0.15) is 28.9 Å². The summed E-state index contributed by atoms with van der Waals surface area (Å²) in [4.78, 5) is 14.1. The van der Waals surface area contributed by atoms with Crippen molar-refractivity contribution < 1.29 is 9.18 Å². The van der Waals surface area contributed by atoms with Crippen LogP contribution in [0.15, 0.2) is 46.9 Å². The van der Waals surface area contributed by atoms with E-state index < -0.39 is 0 Å². The lowest BCUT2D eigenvalue weighted by Gasteiger charge is -2.25. The second-order valence-corrected chi connectivity index (χ2v) is 6.03. The molecular weight excluding hydrogens is 357 g/mol. The molecule has 2 aromatic rings. The largest absolute Gasteiger partial charge is 0.335 e. The fourth-order valence-electron chi connectivity index (χ4n) is 1.97. The molecule has 0 radical (unpaired) electrons. The van der Waals surface area contributed by atoms with Gasteiger partial charge in [-0.2, -0.15) is 0 Å². The van der Waals surface area contributed by atoms with Gasteiger partial charge in [-0.25, -0.2) is 4.39 Å². The summed E-state index contributed by atoms with van der Waals surface area (Å²) in [6.07, 6.45) is 0. The third kappa shape index (κ3) is 3.63. The van der Waals surface area contributed by atoms with Crippen molar-refractivity contribution in [2.24, 2.45) is 0 Å². The molecule has 5 heteroatoms. The molecule has 110 valence electrons. The van der Waals surface area contributed by atoms with Gasteiger partial charge in [0.2, 0.25) is 0 Å². The first-order valence-corrected chi connectivity index (χ1v) is 7.55. The Hall–Kier alpha value is -1.39.